The quantitative estimate of drug-likeness (QED) is 0.352. The van der Waals surface area contributed by atoms with Gasteiger partial charge in [-0.05, 0) is 42.3 Å². The second-order valence-electron chi connectivity index (χ2n) is 8.34. The maximum Gasteiger partial charge on any atom is 0.259 e. The minimum atomic E-state index is -0.225. The lowest BCUT2D eigenvalue weighted by atomic mass is 10.1. The summed E-state index contributed by atoms with van der Waals surface area (Å²) < 4.78 is 13.4. The van der Waals surface area contributed by atoms with Gasteiger partial charge in [-0.2, -0.15) is 0 Å². The van der Waals surface area contributed by atoms with Gasteiger partial charge in [0.2, 0.25) is 0 Å². The number of para-hydroxylation sites is 1. The Morgan fingerprint density at radius 1 is 1.06 bits per heavy atom. The number of methoxy groups -OCH3 is 1. The van der Waals surface area contributed by atoms with Crippen molar-refractivity contribution in [2.24, 2.45) is 5.73 Å². The van der Waals surface area contributed by atoms with E-state index in [9.17, 15) is 4.79 Å². The molecular weight excluding hydrogens is 442 g/mol. The molecule has 2 aromatic heterocycles. The van der Waals surface area contributed by atoms with Crippen LogP contribution in [0, 0.1) is 0 Å². The van der Waals surface area contributed by atoms with Crippen LogP contribution in [0.25, 0.3) is 33.3 Å². The van der Waals surface area contributed by atoms with Gasteiger partial charge in [0.05, 0.1) is 54.1 Å². The molecule has 3 N–H and O–H groups in total. The summed E-state index contributed by atoms with van der Waals surface area (Å²) in [6.45, 7) is 3.56. The molecule has 35 heavy (non-hydrogen) atoms. The smallest absolute Gasteiger partial charge is 0.259 e. The first-order valence-electron chi connectivity index (χ1n) is 11.6. The van der Waals surface area contributed by atoms with Crippen molar-refractivity contribution in [1.29, 1.82) is 0 Å². The minimum Gasteiger partial charge on any atom is -0.496 e. The van der Waals surface area contributed by atoms with E-state index in [-0.39, 0.29) is 5.56 Å². The SMILES string of the molecule is CCCOc1ccc(CN)cc1-c1nc2cc3ncn(Cc4ccccc4OC)c3cc2c(=O)[nH]1. The number of nitrogens with one attached hydrogen (secondary N) is 1. The average molecular weight is 470 g/mol. The van der Waals surface area contributed by atoms with Gasteiger partial charge in [0, 0.05) is 12.1 Å². The largest absolute Gasteiger partial charge is 0.496 e. The summed E-state index contributed by atoms with van der Waals surface area (Å²) in [4.78, 5) is 25.5. The van der Waals surface area contributed by atoms with Gasteiger partial charge < -0.3 is 24.8 Å². The Kier molecular flexibility index (Phi) is 6.20. The van der Waals surface area contributed by atoms with Crippen LogP contribution in [0.1, 0.15) is 24.5 Å². The topological polar surface area (TPSA) is 108 Å². The van der Waals surface area contributed by atoms with Crippen LogP contribution in [0.5, 0.6) is 11.5 Å². The molecule has 3 aromatic carbocycles. The highest BCUT2D eigenvalue weighted by Crippen LogP contribution is 2.30. The fourth-order valence-corrected chi connectivity index (χ4v) is 4.19. The van der Waals surface area contributed by atoms with Crippen molar-refractivity contribution in [1.82, 2.24) is 19.5 Å². The number of hydrogen-bond acceptors (Lipinski definition) is 6. The van der Waals surface area contributed by atoms with Crippen molar-refractivity contribution in [3.8, 4) is 22.9 Å². The Labute approximate surface area is 202 Å². The fraction of sp³-hybridized carbons (Fsp3) is 0.222. The number of ether oxygens (including phenoxy) is 2. The van der Waals surface area contributed by atoms with Crippen molar-refractivity contribution in [2.75, 3.05) is 13.7 Å². The van der Waals surface area contributed by atoms with Crippen molar-refractivity contribution < 1.29 is 9.47 Å². The zero-order valence-electron chi connectivity index (χ0n) is 19.7. The molecule has 0 aliphatic heterocycles. The Balaban J connectivity index is 1.60. The Hall–Kier alpha value is -4.17. The van der Waals surface area contributed by atoms with E-state index in [4.69, 9.17) is 20.2 Å². The van der Waals surface area contributed by atoms with Crippen LogP contribution in [0.4, 0.5) is 0 Å². The number of imidazole rings is 1. The number of nitrogens with two attached hydrogens (primary N) is 1. The normalized spacial score (nSPS) is 11.3. The Bertz CT molecular complexity index is 1570. The molecule has 0 saturated heterocycles. The van der Waals surface area contributed by atoms with Gasteiger partial charge in [-0.1, -0.05) is 31.2 Å². The fourth-order valence-electron chi connectivity index (χ4n) is 4.19. The van der Waals surface area contributed by atoms with E-state index >= 15 is 0 Å². The molecule has 5 aromatic rings. The second kappa shape index (κ2) is 9.60. The molecule has 0 saturated carbocycles. The van der Waals surface area contributed by atoms with E-state index in [0.29, 0.717) is 47.7 Å². The highest BCUT2D eigenvalue weighted by molar-refractivity contribution is 5.93. The number of nitrogens with zero attached hydrogens (tertiary/aromatic N) is 3. The first-order chi connectivity index (χ1) is 17.1. The summed E-state index contributed by atoms with van der Waals surface area (Å²) in [6.07, 6.45) is 2.64. The molecule has 0 atom stereocenters. The van der Waals surface area contributed by atoms with Crippen LogP contribution in [0.15, 0.2) is 65.7 Å². The van der Waals surface area contributed by atoms with Crippen molar-refractivity contribution in [3.63, 3.8) is 0 Å². The molecule has 5 rings (SSSR count). The summed E-state index contributed by atoms with van der Waals surface area (Å²) in [7, 11) is 1.66. The molecule has 0 aliphatic rings. The van der Waals surface area contributed by atoms with Gasteiger partial charge in [0.25, 0.3) is 5.56 Å². The summed E-state index contributed by atoms with van der Waals surface area (Å²) in [5.41, 5.74) is 10.5. The average Bonchev–Trinajstić information content (AvgIpc) is 3.28. The first-order valence-corrected chi connectivity index (χ1v) is 11.6. The van der Waals surface area contributed by atoms with Gasteiger partial charge in [-0.15, -0.1) is 0 Å². The number of aromatic nitrogens is 4. The predicted octanol–water partition coefficient (Wildman–Crippen LogP) is 4.24. The number of H-pyrrole nitrogens is 1. The lowest BCUT2D eigenvalue weighted by molar-refractivity contribution is 0.318. The van der Waals surface area contributed by atoms with Crippen LogP contribution in [0.3, 0.4) is 0 Å². The molecule has 0 aliphatic carbocycles. The van der Waals surface area contributed by atoms with E-state index in [0.717, 1.165) is 34.3 Å². The third-order valence-electron chi connectivity index (χ3n) is 5.98. The Morgan fingerprint density at radius 2 is 1.91 bits per heavy atom. The zero-order valence-corrected chi connectivity index (χ0v) is 19.7. The molecular formula is C27H27N5O3. The van der Waals surface area contributed by atoms with Crippen molar-refractivity contribution >= 4 is 21.9 Å². The van der Waals surface area contributed by atoms with Gasteiger partial charge in [-0.3, -0.25) is 4.79 Å². The van der Waals surface area contributed by atoms with Crippen LogP contribution in [0.2, 0.25) is 0 Å². The molecule has 0 spiro atoms. The number of benzene rings is 3. The highest BCUT2D eigenvalue weighted by atomic mass is 16.5. The first kappa shape index (κ1) is 22.6. The highest BCUT2D eigenvalue weighted by Gasteiger charge is 2.15. The Morgan fingerprint density at radius 3 is 2.71 bits per heavy atom. The zero-order chi connectivity index (χ0) is 24.4. The molecule has 0 bridgehead atoms. The molecule has 0 amide bonds. The monoisotopic (exact) mass is 469 g/mol. The minimum absolute atomic E-state index is 0.225. The van der Waals surface area contributed by atoms with E-state index in [1.54, 1.807) is 13.4 Å². The molecule has 2 heterocycles. The molecule has 178 valence electrons. The van der Waals surface area contributed by atoms with Gasteiger partial charge >= 0.3 is 0 Å². The number of rotatable bonds is 8. The predicted molar refractivity (Wildman–Crippen MR) is 137 cm³/mol. The third-order valence-corrected chi connectivity index (χ3v) is 5.98. The summed E-state index contributed by atoms with van der Waals surface area (Å²) in [5, 5.41) is 0.494. The van der Waals surface area contributed by atoms with E-state index in [1.165, 1.54) is 0 Å². The van der Waals surface area contributed by atoms with Crippen LogP contribution >= 0.6 is 0 Å². The number of fused-ring (bicyclic) bond motifs is 2. The van der Waals surface area contributed by atoms with Crippen LogP contribution < -0.4 is 20.8 Å². The molecule has 0 radical (unpaired) electrons. The standard InChI is InChI=1S/C27H27N5O3/c1-3-10-35-25-9-8-17(14-28)11-20(25)26-30-21-13-22-23(12-19(21)27(33)31-26)32(16-29-22)15-18-6-4-5-7-24(18)34-2/h4-9,11-13,16H,3,10,14-15,28H2,1-2H3,(H,30,31,33). The van der Waals surface area contributed by atoms with Crippen molar-refractivity contribution in [2.45, 2.75) is 26.4 Å². The lowest BCUT2D eigenvalue weighted by Crippen LogP contribution is -2.11. The summed E-state index contributed by atoms with van der Waals surface area (Å²) >= 11 is 0. The van der Waals surface area contributed by atoms with E-state index in [1.807, 2.05) is 66.1 Å². The number of hydrogen-bond donors (Lipinski definition) is 2. The molecule has 0 fully saturated rings. The van der Waals surface area contributed by atoms with Crippen LogP contribution in [-0.2, 0) is 13.1 Å². The summed E-state index contributed by atoms with van der Waals surface area (Å²) in [5.74, 6) is 1.91. The third kappa shape index (κ3) is 4.36. The van der Waals surface area contributed by atoms with E-state index < -0.39 is 0 Å². The summed E-state index contributed by atoms with van der Waals surface area (Å²) in [6, 6.07) is 17.3. The van der Waals surface area contributed by atoms with Gasteiger partial charge in [0.1, 0.15) is 17.3 Å². The van der Waals surface area contributed by atoms with Gasteiger partial charge in [0.15, 0.2) is 0 Å². The number of aromatic amines is 1. The molecule has 0 unspecified atom stereocenters. The molecule has 8 nitrogen and oxygen atoms in total. The lowest BCUT2D eigenvalue weighted by Gasteiger charge is -2.13. The van der Waals surface area contributed by atoms with Crippen molar-refractivity contribution in [3.05, 3.63) is 82.4 Å². The maximum atomic E-state index is 13.2. The van der Waals surface area contributed by atoms with Crippen LogP contribution in [-0.4, -0.2) is 33.2 Å². The second-order valence-corrected chi connectivity index (χ2v) is 8.34. The van der Waals surface area contributed by atoms with E-state index in [2.05, 4.69) is 9.97 Å². The molecule has 8 heteroatoms. The maximum absolute atomic E-state index is 13.2. The van der Waals surface area contributed by atoms with Gasteiger partial charge in [-0.25, -0.2) is 9.97 Å².